The third-order valence-electron chi connectivity index (χ3n) is 2.74. The highest BCUT2D eigenvalue weighted by Crippen LogP contribution is 2.26. The van der Waals surface area contributed by atoms with Crippen LogP contribution in [-0.4, -0.2) is 12.6 Å². The number of hydrogen-bond donors (Lipinski definition) is 0. The molecule has 0 aromatic heterocycles. The molecule has 0 amide bonds. The summed E-state index contributed by atoms with van der Waals surface area (Å²) in [6.07, 6.45) is 12.2. The van der Waals surface area contributed by atoms with Crippen LogP contribution in [0.15, 0.2) is 12.2 Å². The molecule has 1 fully saturated rings. The smallest absolute Gasteiger partial charge is 0.302 e. The Kier molecular flexibility index (Phi) is 5.35. The van der Waals surface area contributed by atoms with Crippen molar-refractivity contribution in [3.63, 3.8) is 0 Å². The molecule has 0 unspecified atom stereocenters. The maximum absolute atomic E-state index is 10.5. The van der Waals surface area contributed by atoms with Gasteiger partial charge in [0.05, 0.1) is 0 Å². The largest absolute Gasteiger partial charge is 0.462 e. The number of carbonyl (C=O) groups is 1. The van der Waals surface area contributed by atoms with Crippen LogP contribution in [-0.2, 0) is 9.53 Å². The fraction of sp³-hybridized carbons (Fsp3) is 0.750. The monoisotopic (exact) mass is 196 g/mol. The van der Waals surface area contributed by atoms with Crippen molar-refractivity contribution in [1.29, 1.82) is 0 Å². The highest BCUT2D eigenvalue weighted by atomic mass is 16.5. The van der Waals surface area contributed by atoms with E-state index in [4.69, 9.17) is 4.74 Å². The quantitative estimate of drug-likeness (QED) is 0.510. The molecule has 1 aliphatic rings. The normalized spacial score (nSPS) is 18.6. The topological polar surface area (TPSA) is 26.3 Å². The van der Waals surface area contributed by atoms with Gasteiger partial charge in [0.15, 0.2) is 0 Å². The highest BCUT2D eigenvalue weighted by Gasteiger charge is 2.10. The molecule has 2 heteroatoms. The number of allylic oxidation sites excluding steroid dienone is 1. The number of esters is 1. The van der Waals surface area contributed by atoms with Gasteiger partial charge in [0.2, 0.25) is 0 Å². The van der Waals surface area contributed by atoms with Crippen molar-refractivity contribution in [2.45, 2.75) is 45.4 Å². The Labute approximate surface area is 86.3 Å². The van der Waals surface area contributed by atoms with Crippen molar-refractivity contribution in [3.05, 3.63) is 12.2 Å². The predicted octanol–water partition coefficient (Wildman–Crippen LogP) is 3.08. The Morgan fingerprint density at radius 1 is 1.29 bits per heavy atom. The Hall–Kier alpha value is -0.790. The van der Waals surface area contributed by atoms with Crippen LogP contribution in [0, 0.1) is 5.92 Å². The van der Waals surface area contributed by atoms with E-state index in [9.17, 15) is 4.79 Å². The number of ether oxygens (including phenoxy) is 1. The molecule has 2 nitrogen and oxygen atoms in total. The summed E-state index contributed by atoms with van der Waals surface area (Å²) >= 11 is 0. The summed E-state index contributed by atoms with van der Waals surface area (Å²) in [7, 11) is 0. The van der Waals surface area contributed by atoms with Crippen LogP contribution >= 0.6 is 0 Å². The zero-order chi connectivity index (χ0) is 10.2. The van der Waals surface area contributed by atoms with Crippen LogP contribution in [0.2, 0.25) is 0 Å². The van der Waals surface area contributed by atoms with Gasteiger partial charge in [0, 0.05) is 6.92 Å². The first-order chi connectivity index (χ1) is 6.79. The molecule has 1 aliphatic carbocycles. The van der Waals surface area contributed by atoms with Crippen molar-refractivity contribution in [3.8, 4) is 0 Å². The van der Waals surface area contributed by atoms with Gasteiger partial charge in [-0.1, -0.05) is 44.3 Å². The van der Waals surface area contributed by atoms with E-state index in [-0.39, 0.29) is 5.97 Å². The molecule has 0 bridgehead atoms. The molecule has 0 spiro atoms. The molecule has 0 saturated heterocycles. The minimum atomic E-state index is -0.202. The molecule has 0 aromatic rings. The number of rotatable bonds is 4. The standard InChI is InChI=1S/C12H20O2/c1-11(13)14-10-6-5-9-12-7-3-2-4-8-12/h5-6,12H,2-4,7-10H2,1H3/b6-5+. The van der Waals surface area contributed by atoms with Gasteiger partial charge >= 0.3 is 5.97 Å². The molecule has 0 atom stereocenters. The second-order valence-corrected chi connectivity index (χ2v) is 4.01. The zero-order valence-electron chi connectivity index (χ0n) is 9.00. The maximum atomic E-state index is 10.5. The Morgan fingerprint density at radius 2 is 2.00 bits per heavy atom. The van der Waals surface area contributed by atoms with Gasteiger partial charge in [0.1, 0.15) is 6.61 Å². The lowest BCUT2D eigenvalue weighted by Gasteiger charge is -2.19. The van der Waals surface area contributed by atoms with E-state index >= 15 is 0 Å². The molecule has 0 heterocycles. The van der Waals surface area contributed by atoms with Crippen molar-refractivity contribution in [2.75, 3.05) is 6.61 Å². The third-order valence-corrected chi connectivity index (χ3v) is 2.74. The van der Waals surface area contributed by atoms with E-state index < -0.39 is 0 Å². The second-order valence-electron chi connectivity index (χ2n) is 4.01. The van der Waals surface area contributed by atoms with Crippen LogP contribution in [0.1, 0.15) is 45.4 Å². The lowest BCUT2D eigenvalue weighted by molar-refractivity contribution is -0.139. The summed E-state index contributed by atoms with van der Waals surface area (Å²) in [5.74, 6) is 0.671. The Balaban J connectivity index is 2.03. The van der Waals surface area contributed by atoms with Crippen LogP contribution in [0.3, 0.4) is 0 Å². The van der Waals surface area contributed by atoms with Gasteiger partial charge in [-0.05, 0) is 12.3 Å². The van der Waals surface area contributed by atoms with E-state index in [2.05, 4.69) is 6.08 Å². The number of carbonyl (C=O) groups excluding carboxylic acids is 1. The molecular weight excluding hydrogens is 176 g/mol. The molecule has 0 N–H and O–H groups in total. The minimum Gasteiger partial charge on any atom is -0.462 e. The van der Waals surface area contributed by atoms with Crippen molar-refractivity contribution >= 4 is 5.97 Å². The van der Waals surface area contributed by atoms with Gasteiger partial charge in [-0.3, -0.25) is 4.79 Å². The highest BCUT2D eigenvalue weighted by molar-refractivity contribution is 5.65. The van der Waals surface area contributed by atoms with Crippen molar-refractivity contribution < 1.29 is 9.53 Å². The molecule has 0 aliphatic heterocycles. The Bertz CT molecular complexity index is 190. The fourth-order valence-electron chi connectivity index (χ4n) is 1.95. The summed E-state index contributed by atoms with van der Waals surface area (Å²) in [5, 5.41) is 0. The van der Waals surface area contributed by atoms with Crippen LogP contribution in [0.4, 0.5) is 0 Å². The van der Waals surface area contributed by atoms with Gasteiger partial charge in [0.25, 0.3) is 0 Å². The number of hydrogen-bond acceptors (Lipinski definition) is 2. The summed E-state index contributed by atoms with van der Waals surface area (Å²) in [6.45, 7) is 1.87. The van der Waals surface area contributed by atoms with Gasteiger partial charge in [-0.15, -0.1) is 0 Å². The molecule has 1 saturated carbocycles. The Morgan fingerprint density at radius 3 is 2.64 bits per heavy atom. The average molecular weight is 196 g/mol. The predicted molar refractivity (Wildman–Crippen MR) is 57.0 cm³/mol. The summed E-state index contributed by atoms with van der Waals surface area (Å²) < 4.78 is 4.81. The molecular formula is C12H20O2. The van der Waals surface area contributed by atoms with Crippen molar-refractivity contribution in [2.24, 2.45) is 5.92 Å². The first kappa shape index (κ1) is 11.3. The maximum Gasteiger partial charge on any atom is 0.302 e. The van der Waals surface area contributed by atoms with Crippen LogP contribution in [0.5, 0.6) is 0 Å². The lowest BCUT2D eigenvalue weighted by atomic mass is 9.87. The molecule has 0 radical (unpaired) electrons. The van der Waals surface area contributed by atoms with E-state index in [1.54, 1.807) is 0 Å². The van der Waals surface area contributed by atoms with E-state index in [1.807, 2.05) is 6.08 Å². The molecule has 80 valence electrons. The van der Waals surface area contributed by atoms with Crippen LogP contribution < -0.4 is 0 Å². The van der Waals surface area contributed by atoms with E-state index in [0.29, 0.717) is 6.61 Å². The third kappa shape index (κ3) is 5.05. The van der Waals surface area contributed by atoms with E-state index in [0.717, 1.165) is 12.3 Å². The van der Waals surface area contributed by atoms with Crippen molar-refractivity contribution in [1.82, 2.24) is 0 Å². The van der Waals surface area contributed by atoms with Gasteiger partial charge in [-0.2, -0.15) is 0 Å². The molecule has 1 rings (SSSR count). The summed E-state index contributed by atoms with van der Waals surface area (Å²) in [4.78, 5) is 10.5. The minimum absolute atomic E-state index is 0.202. The van der Waals surface area contributed by atoms with Crippen LogP contribution in [0.25, 0.3) is 0 Å². The summed E-state index contributed by atoms with van der Waals surface area (Å²) in [6, 6.07) is 0. The average Bonchev–Trinajstić information content (AvgIpc) is 2.18. The molecule has 14 heavy (non-hydrogen) atoms. The first-order valence-electron chi connectivity index (χ1n) is 5.57. The van der Waals surface area contributed by atoms with E-state index in [1.165, 1.54) is 39.0 Å². The zero-order valence-corrected chi connectivity index (χ0v) is 9.00. The summed E-state index contributed by atoms with van der Waals surface area (Å²) in [5.41, 5.74) is 0. The SMILES string of the molecule is CC(=O)OC/C=C/CC1CCCCC1. The fourth-order valence-corrected chi connectivity index (χ4v) is 1.95. The second kappa shape index (κ2) is 6.63. The molecule has 0 aromatic carbocycles. The first-order valence-corrected chi connectivity index (χ1v) is 5.57. The lowest BCUT2D eigenvalue weighted by Crippen LogP contribution is -2.04. The van der Waals surface area contributed by atoms with Gasteiger partial charge < -0.3 is 4.74 Å². The van der Waals surface area contributed by atoms with Gasteiger partial charge in [-0.25, -0.2) is 0 Å².